The molecule has 4 heteroatoms. The Labute approximate surface area is 87.5 Å². The fourth-order valence-corrected chi connectivity index (χ4v) is 1.37. The van der Waals surface area contributed by atoms with Gasteiger partial charge < -0.3 is 9.77 Å². The maximum absolute atomic E-state index is 8.35. The molecule has 0 fully saturated rings. The maximum Gasteiger partial charge on any atom is 0.0949 e. The average Bonchev–Trinajstić information content (AvgIpc) is 2.74. The third kappa shape index (κ3) is 2.43. The van der Waals surface area contributed by atoms with E-state index in [2.05, 4.69) is 10.1 Å². The van der Waals surface area contributed by atoms with Gasteiger partial charge in [-0.2, -0.15) is 0 Å². The van der Waals surface area contributed by atoms with E-state index in [9.17, 15) is 0 Å². The zero-order valence-electron chi connectivity index (χ0n) is 8.11. The fourth-order valence-electron chi connectivity index (χ4n) is 1.37. The molecule has 0 spiro atoms. The van der Waals surface area contributed by atoms with Crippen molar-refractivity contribution < 1.29 is 5.21 Å². The second kappa shape index (κ2) is 4.41. The predicted octanol–water partition coefficient (Wildman–Crippen LogP) is 1.74. The molecule has 0 aliphatic carbocycles. The normalized spacial score (nSPS) is 10.9. The molecular formula is C11H11N3O. The van der Waals surface area contributed by atoms with Crippen molar-refractivity contribution in [1.82, 2.24) is 9.55 Å². The molecule has 0 aliphatic heterocycles. The monoisotopic (exact) mass is 201 g/mol. The van der Waals surface area contributed by atoms with Gasteiger partial charge in [-0.05, 0) is 11.1 Å². The second-order valence-electron chi connectivity index (χ2n) is 3.22. The van der Waals surface area contributed by atoms with Crippen molar-refractivity contribution in [3.63, 3.8) is 0 Å². The Hall–Kier alpha value is -2.10. The van der Waals surface area contributed by atoms with Crippen molar-refractivity contribution >= 4 is 6.21 Å². The molecule has 1 heterocycles. The number of hydrogen-bond acceptors (Lipinski definition) is 3. The van der Waals surface area contributed by atoms with Crippen LogP contribution < -0.4 is 0 Å². The van der Waals surface area contributed by atoms with Crippen molar-refractivity contribution in [1.29, 1.82) is 0 Å². The molecule has 76 valence electrons. The van der Waals surface area contributed by atoms with E-state index in [-0.39, 0.29) is 0 Å². The molecule has 0 unspecified atom stereocenters. The Morgan fingerprint density at radius 3 is 2.73 bits per heavy atom. The van der Waals surface area contributed by atoms with Crippen molar-refractivity contribution in [3.8, 4) is 0 Å². The van der Waals surface area contributed by atoms with Crippen molar-refractivity contribution in [2.45, 2.75) is 6.54 Å². The van der Waals surface area contributed by atoms with Crippen molar-refractivity contribution in [2.75, 3.05) is 0 Å². The molecule has 1 aromatic heterocycles. The molecule has 0 saturated heterocycles. The van der Waals surface area contributed by atoms with Crippen LogP contribution in [0.5, 0.6) is 0 Å². The summed E-state index contributed by atoms with van der Waals surface area (Å²) in [4.78, 5) is 3.97. The van der Waals surface area contributed by atoms with E-state index in [0.29, 0.717) is 0 Å². The topological polar surface area (TPSA) is 50.4 Å². The number of nitrogens with zero attached hydrogens (tertiary/aromatic N) is 3. The zero-order chi connectivity index (χ0) is 10.5. The van der Waals surface area contributed by atoms with Crippen molar-refractivity contribution in [3.05, 3.63) is 54.1 Å². The number of imidazole rings is 1. The van der Waals surface area contributed by atoms with Gasteiger partial charge in [0.05, 0.1) is 12.5 Å². The largest absolute Gasteiger partial charge is 0.411 e. The lowest BCUT2D eigenvalue weighted by Gasteiger charge is -2.02. The highest BCUT2D eigenvalue weighted by Gasteiger charge is 1.94. The molecule has 0 saturated carbocycles. The summed E-state index contributed by atoms with van der Waals surface area (Å²) in [5.41, 5.74) is 2.06. The third-order valence-corrected chi connectivity index (χ3v) is 2.11. The molecule has 1 aromatic carbocycles. The van der Waals surface area contributed by atoms with Crippen LogP contribution in [-0.4, -0.2) is 21.0 Å². The highest BCUT2D eigenvalue weighted by molar-refractivity contribution is 5.78. The van der Waals surface area contributed by atoms with Crippen LogP contribution in [0.25, 0.3) is 0 Å². The van der Waals surface area contributed by atoms with Crippen LogP contribution >= 0.6 is 0 Å². The Kier molecular flexibility index (Phi) is 2.78. The van der Waals surface area contributed by atoms with E-state index >= 15 is 0 Å². The van der Waals surface area contributed by atoms with Gasteiger partial charge in [-0.1, -0.05) is 29.4 Å². The summed E-state index contributed by atoms with van der Waals surface area (Å²) in [6, 6.07) is 7.81. The van der Waals surface area contributed by atoms with E-state index in [1.54, 1.807) is 12.5 Å². The Balaban J connectivity index is 2.10. The van der Waals surface area contributed by atoms with Crippen LogP contribution in [-0.2, 0) is 6.54 Å². The summed E-state index contributed by atoms with van der Waals surface area (Å²) in [6.45, 7) is 0.802. The first-order chi connectivity index (χ1) is 7.38. The first-order valence-electron chi connectivity index (χ1n) is 4.60. The summed E-state index contributed by atoms with van der Waals surface area (Å²) in [6.07, 6.45) is 6.86. The lowest BCUT2D eigenvalue weighted by atomic mass is 10.1. The van der Waals surface area contributed by atoms with Gasteiger partial charge in [-0.3, -0.25) is 0 Å². The highest BCUT2D eigenvalue weighted by atomic mass is 16.4. The quantitative estimate of drug-likeness (QED) is 0.467. The third-order valence-electron chi connectivity index (χ3n) is 2.11. The molecule has 0 radical (unpaired) electrons. The summed E-state index contributed by atoms with van der Waals surface area (Å²) >= 11 is 0. The Bertz CT molecular complexity index is 431. The molecule has 2 rings (SSSR count). The molecule has 0 bridgehead atoms. The summed E-state index contributed by atoms with van der Waals surface area (Å²) in [5, 5.41) is 11.3. The van der Waals surface area contributed by atoms with Crippen LogP contribution in [0.15, 0.2) is 48.1 Å². The van der Waals surface area contributed by atoms with Crippen LogP contribution in [0, 0.1) is 0 Å². The van der Waals surface area contributed by atoms with E-state index in [0.717, 1.165) is 12.1 Å². The minimum Gasteiger partial charge on any atom is -0.411 e. The number of hydrogen-bond donors (Lipinski definition) is 1. The fraction of sp³-hybridized carbons (Fsp3) is 0.0909. The van der Waals surface area contributed by atoms with Gasteiger partial charge in [0, 0.05) is 18.9 Å². The minimum atomic E-state index is 0.802. The van der Waals surface area contributed by atoms with Crippen LogP contribution in [0.4, 0.5) is 0 Å². The van der Waals surface area contributed by atoms with Crippen LogP contribution in [0.2, 0.25) is 0 Å². The lowest BCUT2D eigenvalue weighted by molar-refractivity contribution is 0.322. The Morgan fingerprint density at radius 1 is 1.33 bits per heavy atom. The van der Waals surface area contributed by atoms with Gasteiger partial charge in [-0.25, -0.2) is 4.98 Å². The number of oxime groups is 1. The number of aromatic nitrogens is 2. The SMILES string of the molecule is O/N=C\c1ccc(Cn2ccnc2)cc1. The second-order valence-corrected chi connectivity index (χ2v) is 3.22. The van der Waals surface area contributed by atoms with Gasteiger partial charge in [0.15, 0.2) is 0 Å². The Morgan fingerprint density at radius 2 is 2.13 bits per heavy atom. The maximum atomic E-state index is 8.35. The summed E-state index contributed by atoms with van der Waals surface area (Å²) in [5.74, 6) is 0. The van der Waals surface area contributed by atoms with Gasteiger partial charge in [0.2, 0.25) is 0 Å². The van der Waals surface area contributed by atoms with Gasteiger partial charge >= 0.3 is 0 Å². The number of rotatable bonds is 3. The first kappa shape index (κ1) is 9.45. The summed E-state index contributed by atoms with van der Waals surface area (Å²) < 4.78 is 2.00. The van der Waals surface area contributed by atoms with Gasteiger partial charge in [0.25, 0.3) is 0 Å². The molecule has 0 aliphatic rings. The van der Waals surface area contributed by atoms with Crippen molar-refractivity contribution in [2.24, 2.45) is 5.16 Å². The van der Waals surface area contributed by atoms with Gasteiger partial charge in [-0.15, -0.1) is 0 Å². The molecule has 0 amide bonds. The summed E-state index contributed by atoms with van der Waals surface area (Å²) in [7, 11) is 0. The smallest absolute Gasteiger partial charge is 0.0949 e. The molecule has 15 heavy (non-hydrogen) atoms. The van der Waals surface area contributed by atoms with E-state index < -0.39 is 0 Å². The number of benzene rings is 1. The molecule has 4 nitrogen and oxygen atoms in total. The predicted molar refractivity (Wildman–Crippen MR) is 57.2 cm³/mol. The molecule has 1 N–H and O–H groups in total. The van der Waals surface area contributed by atoms with E-state index in [1.165, 1.54) is 11.8 Å². The van der Waals surface area contributed by atoms with Gasteiger partial charge in [0.1, 0.15) is 0 Å². The zero-order valence-corrected chi connectivity index (χ0v) is 8.11. The molecule has 0 atom stereocenters. The van der Waals surface area contributed by atoms with Crippen LogP contribution in [0.3, 0.4) is 0 Å². The van der Waals surface area contributed by atoms with E-state index in [1.807, 2.05) is 35.0 Å². The lowest BCUT2D eigenvalue weighted by Crippen LogP contribution is -1.96. The standard InChI is InChI=1S/C11H11N3O/c15-13-7-10-1-3-11(4-2-10)8-14-6-5-12-9-14/h1-7,9,15H,8H2/b13-7-. The minimum absolute atomic E-state index is 0.802. The average molecular weight is 201 g/mol. The molecular weight excluding hydrogens is 190 g/mol. The first-order valence-corrected chi connectivity index (χ1v) is 4.60. The highest BCUT2D eigenvalue weighted by Crippen LogP contribution is 2.04. The van der Waals surface area contributed by atoms with Crippen LogP contribution in [0.1, 0.15) is 11.1 Å². The molecule has 2 aromatic rings. The van der Waals surface area contributed by atoms with E-state index in [4.69, 9.17) is 5.21 Å².